The van der Waals surface area contributed by atoms with Gasteiger partial charge >= 0.3 is 5.97 Å². The number of likely N-dealkylation sites (N-methyl/N-ethyl adjacent to an activating group) is 1. The van der Waals surface area contributed by atoms with Crippen molar-refractivity contribution in [3.8, 4) is 0 Å². The van der Waals surface area contributed by atoms with E-state index in [0.29, 0.717) is 31.1 Å². The highest BCUT2D eigenvalue weighted by molar-refractivity contribution is 7.99. The second kappa shape index (κ2) is 9.90. The molecule has 2 aromatic rings. The number of hydrogen-bond acceptors (Lipinski definition) is 5. The second-order valence-electron chi connectivity index (χ2n) is 8.28. The predicted molar refractivity (Wildman–Crippen MR) is 124 cm³/mol. The fourth-order valence-corrected chi connectivity index (χ4v) is 4.24. The van der Waals surface area contributed by atoms with Gasteiger partial charge in [-0.25, -0.2) is 0 Å². The van der Waals surface area contributed by atoms with Crippen LogP contribution < -0.4 is 0 Å². The topological polar surface area (TPSA) is 38.8 Å². The fraction of sp³-hybridized carbons (Fsp3) is 0.375. The number of nitrogens with zero attached hydrogens (tertiary/aromatic N) is 1. The van der Waals surface area contributed by atoms with Crippen LogP contribution >= 0.6 is 23.4 Å². The van der Waals surface area contributed by atoms with E-state index in [1.54, 1.807) is 11.8 Å². The Hall–Kier alpha value is -1.95. The Morgan fingerprint density at radius 1 is 1.10 bits per heavy atom. The molecule has 0 amide bonds. The van der Waals surface area contributed by atoms with Gasteiger partial charge in [-0.1, -0.05) is 41.6 Å². The molecule has 0 fully saturated rings. The van der Waals surface area contributed by atoms with Crippen LogP contribution in [0.2, 0.25) is 5.02 Å². The van der Waals surface area contributed by atoms with Gasteiger partial charge < -0.3 is 14.4 Å². The summed E-state index contributed by atoms with van der Waals surface area (Å²) >= 11 is 7.98. The Balaban J connectivity index is 1.62. The first kappa shape index (κ1) is 22.7. The third-order valence-corrected chi connectivity index (χ3v) is 5.88. The number of carbonyl (C=O) groups is 1. The lowest BCUT2D eigenvalue weighted by atomic mass is 10.1. The quantitative estimate of drug-likeness (QED) is 0.490. The molecule has 0 saturated carbocycles. The third kappa shape index (κ3) is 6.53. The van der Waals surface area contributed by atoms with E-state index in [4.69, 9.17) is 21.1 Å². The molecule has 1 aliphatic heterocycles. The van der Waals surface area contributed by atoms with Crippen LogP contribution in [-0.2, 0) is 14.3 Å². The molecule has 4 nitrogen and oxygen atoms in total. The predicted octanol–water partition coefficient (Wildman–Crippen LogP) is 5.98. The Kier molecular flexibility index (Phi) is 7.50. The maximum absolute atomic E-state index is 11.9. The van der Waals surface area contributed by atoms with Crippen molar-refractivity contribution in [3.05, 3.63) is 58.6 Å². The maximum atomic E-state index is 11.9. The van der Waals surface area contributed by atoms with Crippen molar-refractivity contribution in [2.75, 3.05) is 26.7 Å². The first-order valence-corrected chi connectivity index (χ1v) is 11.2. The van der Waals surface area contributed by atoms with Crippen molar-refractivity contribution >= 4 is 41.2 Å². The maximum Gasteiger partial charge on any atom is 0.307 e. The molecule has 1 heterocycles. The van der Waals surface area contributed by atoms with Crippen LogP contribution in [0.4, 0.5) is 0 Å². The number of esters is 1. The second-order valence-corrected chi connectivity index (χ2v) is 9.80. The minimum absolute atomic E-state index is 0.182. The fourth-order valence-electron chi connectivity index (χ4n) is 3.03. The van der Waals surface area contributed by atoms with E-state index in [-0.39, 0.29) is 5.97 Å². The Labute approximate surface area is 188 Å². The summed E-state index contributed by atoms with van der Waals surface area (Å²) in [7, 11) is 1.98. The lowest BCUT2D eigenvalue weighted by Gasteiger charge is -2.21. The standard InChI is InChI=1S/C24H28ClNO3S/c1-24(2,3)29-23(27)11-12-26(4)13-14-28-20-15-17-7-5-6-8-21(17)30-22-10-9-18(25)16-19(20)22/h5-10,15-16H,11-14H2,1-4H3. The van der Waals surface area contributed by atoms with Crippen LogP contribution in [0.5, 0.6) is 0 Å². The highest BCUT2D eigenvalue weighted by Gasteiger charge is 2.18. The summed E-state index contributed by atoms with van der Waals surface area (Å²) < 4.78 is 11.6. The summed E-state index contributed by atoms with van der Waals surface area (Å²) in [6, 6.07) is 14.2. The van der Waals surface area contributed by atoms with Gasteiger partial charge in [0.05, 0.1) is 6.42 Å². The molecule has 6 heteroatoms. The van der Waals surface area contributed by atoms with E-state index >= 15 is 0 Å². The van der Waals surface area contributed by atoms with Crippen LogP contribution in [-0.4, -0.2) is 43.2 Å². The largest absolute Gasteiger partial charge is 0.492 e. The minimum atomic E-state index is -0.451. The van der Waals surface area contributed by atoms with E-state index < -0.39 is 5.60 Å². The zero-order chi connectivity index (χ0) is 21.7. The summed E-state index contributed by atoms with van der Waals surface area (Å²) in [6.07, 6.45) is 2.43. The third-order valence-electron chi connectivity index (χ3n) is 4.48. The van der Waals surface area contributed by atoms with Gasteiger partial charge in [0, 0.05) is 33.5 Å². The molecule has 0 saturated heterocycles. The lowest BCUT2D eigenvalue weighted by molar-refractivity contribution is -0.155. The zero-order valence-electron chi connectivity index (χ0n) is 17.9. The highest BCUT2D eigenvalue weighted by atomic mass is 35.5. The summed E-state index contributed by atoms with van der Waals surface area (Å²) in [6.45, 7) is 7.47. The van der Waals surface area contributed by atoms with Crippen molar-refractivity contribution in [2.45, 2.75) is 42.6 Å². The normalized spacial score (nSPS) is 13.2. The Morgan fingerprint density at radius 2 is 1.87 bits per heavy atom. The molecule has 0 aromatic heterocycles. The summed E-state index contributed by atoms with van der Waals surface area (Å²) in [4.78, 5) is 16.3. The highest BCUT2D eigenvalue weighted by Crippen LogP contribution is 2.41. The molecule has 30 heavy (non-hydrogen) atoms. The monoisotopic (exact) mass is 445 g/mol. The number of halogens is 1. The van der Waals surface area contributed by atoms with Gasteiger partial charge in [-0.15, -0.1) is 0 Å². The molecule has 0 bridgehead atoms. The van der Waals surface area contributed by atoms with Crippen LogP contribution in [0, 0.1) is 0 Å². The van der Waals surface area contributed by atoms with Crippen LogP contribution in [0.25, 0.3) is 11.8 Å². The van der Waals surface area contributed by atoms with Crippen molar-refractivity contribution in [1.82, 2.24) is 4.90 Å². The number of carbonyl (C=O) groups excluding carboxylic acids is 1. The first-order chi connectivity index (χ1) is 14.2. The summed E-state index contributed by atoms with van der Waals surface area (Å²) in [5.74, 6) is 0.629. The summed E-state index contributed by atoms with van der Waals surface area (Å²) in [5.41, 5.74) is 1.68. The minimum Gasteiger partial charge on any atom is -0.492 e. The van der Waals surface area contributed by atoms with Crippen molar-refractivity contribution in [2.24, 2.45) is 0 Å². The van der Waals surface area contributed by atoms with Gasteiger partial charge in [0.2, 0.25) is 0 Å². The number of benzene rings is 2. The SMILES string of the molecule is CN(CCOC1=Cc2ccccc2Sc2ccc(Cl)cc21)CCC(=O)OC(C)(C)C. The van der Waals surface area contributed by atoms with Crippen LogP contribution in [0.15, 0.2) is 52.3 Å². The number of ether oxygens (including phenoxy) is 2. The van der Waals surface area contributed by atoms with Crippen molar-refractivity contribution < 1.29 is 14.3 Å². The van der Waals surface area contributed by atoms with Gasteiger partial charge in [-0.2, -0.15) is 0 Å². The number of rotatable bonds is 7. The molecule has 2 aromatic carbocycles. The number of hydrogen-bond donors (Lipinski definition) is 0. The van der Waals surface area contributed by atoms with Gasteiger partial charge in [-0.05, 0) is 63.7 Å². The van der Waals surface area contributed by atoms with E-state index in [9.17, 15) is 4.79 Å². The Morgan fingerprint density at radius 3 is 2.63 bits per heavy atom. The number of fused-ring (bicyclic) bond motifs is 2. The van der Waals surface area contributed by atoms with Gasteiger partial charge in [0.25, 0.3) is 0 Å². The summed E-state index contributed by atoms with van der Waals surface area (Å²) in [5, 5.41) is 0.685. The average molecular weight is 446 g/mol. The smallest absolute Gasteiger partial charge is 0.307 e. The van der Waals surface area contributed by atoms with E-state index in [0.717, 1.165) is 21.8 Å². The van der Waals surface area contributed by atoms with E-state index in [2.05, 4.69) is 23.1 Å². The average Bonchev–Trinajstić information content (AvgIpc) is 2.81. The molecule has 0 atom stereocenters. The molecule has 160 valence electrons. The Bertz CT molecular complexity index is 936. The molecule has 0 aliphatic carbocycles. The first-order valence-electron chi connectivity index (χ1n) is 10.0. The molecule has 0 spiro atoms. The van der Waals surface area contributed by atoms with Crippen LogP contribution in [0.1, 0.15) is 38.3 Å². The van der Waals surface area contributed by atoms with Crippen molar-refractivity contribution in [1.29, 1.82) is 0 Å². The van der Waals surface area contributed by atoms with Crippen molar-refractivity contribution in [3.63, 3.8) is 0 Å². The molecule has 3 rings (SSSR count). The van der Waals surface area contributed by atoms with E-state index in [1.165, 1.54) is 4.90 Å². The van der Waals surface area contributed by atoms with Gasteiger partial charge in [0.15, 0.2) is 0 Å². The van der Waals surface area contributed by atoms with Gasteiger partial charge in [0.1, 0.15) is 18.0 Å². The molecular formula is C24H28ClNO3S. The molecule has 0 N–H and O–H groups in total. The zero-order valence-corrected chi connectivity index (χ0v) is 19.5. The molecule has 0 unspecified atom stereocenters. The van der Waals surface area contributed by atoms with Crippen LogP contribution in [0.3, 0.4) is 0 Å². The lowest BCUT2D eigenvalue weighted by Crippen LogP contribution is -2.29. The van der Waals surface area contributed by atoms with Gasteiger partial charge in [-0.3, -0.25) is 4.79 Å². The van der Waals surface area contributed by atoms with E-state index in [1.807, 2.05) is 58.2 Å². The molecule has 0 radical (unpaired) electrons. The molecule has 1 aliphatic rings. The molecular weight excluding hydrogens is 418 g/mol.